The van der Waals surface area contributed by atoms with E-state index in [9.17, 15) is 14.4 Å². The zero-order valence-electron chi connectivity index (χ0n) is 14.8. The van der Waals surface area contributed by atoms with Crippen molar-refractivity contribution in [3.05, 3.63) is 24.3 Å². The summed E-state index contributed by atoms with van der Waals surface area (Å²) in [5, 5.41) is 8.61. The van der Waals surface area contributed by atoms with E-state index < -0.39 is 5.97 Å². The molecule has 0 spiro atoms. The molecule has 1 aromatic rings. The largest absolute Gasteiger partial charge is 0.497 e. The van der Waals surface area contributed by atoms with Crippen molar-refractivity contribution < 1.29 is 29.0 Å². The quantitative estimate of drug-likeness (QED) is 0.739. The number of carbonyl (C=O) groups excluding carboxylic acids is 2. The maximum Gasteiger partial charge on any atom is 0.303 e. The number of aliphatic carboxylic acids is 1. The average Bonchev–Trinajstić information content (AvgIpc) is 2.66. The summed E-state index contributed by atoms with van der Waals surface area (Å²) in [5.41, 5.74) is 0. The summed E-state index contributed by atoms with van der Waals surface area (Å²) in [6, 6.07) is 7.04. The SMILES string of the molecule is COc1cccc(OCC(=O)N2CCN(C(=O)CCCC(=O)O)CC2)c1. The van der Waals surface area contributed by atoms with Crippen molar-refractivity contribution >= 4 is 17.8 Å². The molecular formula is C18H24N2O6. The van der Waals surface area contributed by atoms with Crippen molar-refractivity contribution in [1.29, 1.82) is 0 Å². The van der Waals surface area contributed by atoms with Crippen LogP contribution in [0.15, 0.2) is 24.3 Å². The van der Waals surface area contributed by atoms with Crippen molar-refractivity contribution in [2.45, 2.75) is 19.3 Å². The van der Waals surface area contributed by atoms with Crippen molar-refractivity contribution in [2.24, 2.45) is 0 Å². The molecule has 0 aliphatic carbocycles. The molecule has 8 nitrogen and oxygen atoms in total. The molecule has 0 bridgehead atoms. The van der Waals surface area contributed by atoms with Crippen molar-refractivity contribution in [3.63, 3.8) is 0 Å². The number of piperazine rings is 1. The van der Waals surface area contributed by atoms with E-state index in [1.165, 1.54) is 0 Å². The molecule has 0 aromatic heterocycles. The Morgan fingerprint density at radius 2 is 1.62 bits per heavy atom. The van der Waals surface area contributed by atoms with Gasteiger partial charge < -0.3 is 24.4 Å². The van der Waals surface area contributed by atoms with Gasteiger partial charge >= 0.3 is 5.97 Å². The number of hydrogen-bond donors (Lipinski definition) is 1. The maximum atomic E-state index is 12.3. The number of carboxylic acid groups (broad SMARTS) is 1. The van der Waals surface area contributed by atoms with Gasteiger partial charge in [-0.3, -0.25) is 14.4 Å². The Balaban J connectivity index is 1.72. The van der Waals surface area contributed by atoms with E-state index in [4.69, 9.17) is 14.6 Å². The Hall–Kier alpha value is -2.77. The Labute approximate surface area is 152 Å². The lowest BCUT2D eigenvalue weighted by Gasteiger charge is -2.34. The third-order valence-electron chi connectivity index (χ3n) is 4.17. The molecule has 1 fully saturated rings. The van der Waals surface area contributed by atoms with Gasteiger partial charge in [0.2, 0.25) is 5.91 Å². The number of rotatable bonds is 8. The van der Waals surface area contributed by atoms with E-state index in [-0.39, 0.29) is 31.3 Å². The van der Waals surface area contributed by atoms with Gasteiger partial charge in [0, 0.05) is 45.1 Å². The lowest BCUT2D eigenvalue weighted by atomic mass is 10.2. The van der Waals surface area contributed by atoms with Gasteiger partial charge in [-0.2, -0.15) is 0 Å². The molecule has 1 aromatic carbocycles. The summed E-state index contributed by atoms with van der Waals surface area (Å²) in [7, 11) is 1.56. The third-order valence-corrected chi connectivity index (χ3v) is 4.17. The predicted molar refractivity (Wildman–Crippen MR) is 93.1 cm³/mol. The topological polar surface area (TPSA) is 96.4 Å². The van der Waals surface area contributed by atoms with E-state index in [0.717, 1.165) is 0 Å². The molecule has 26 heavy (non-hydrogen) atoms. The Morgan fingerprint density at radius 3 is 2.23 bits per heavy atom. The Kier molecular flexibility index (Phi) is 7.25. The van der Waals surface area contributed by atoms with Crippen LogP contribution in [-0.4, -0.2) is 72.6 Å². The first-order valence-electron chi connectivity index (χ1n) is 8.54. The van der Waals surface area contributed by atoms with Crippen molar-refractivity contribution in [1.82, 2.24) is 9.80 Å². The van der Waals surface area contributed by atoms with Crippen LogP contribution in [0.4, 0.5) is 0 Å². The smallest absolute Gasteiger partial charge is 0.303 e. The van der Waals surface area contributed by atoms with Crippen LogP contribution >= 0.6 is 0 Å². The summed E-state index contributed by atoms with van der Waals surface area (Å²) in [4.78, 5) is 38.1. The molecule has 0 saturated carbocycles. The van der Waals surface area contributed by atoms with E-state index >= 15 is 0 Å². The first-order valence-corrected chi connectivity index (χ1v) is 8.54. The normalized spacial score (nSPS) is 14.0. The lowest BCUT2D eigenvalue weighted by Crippen LogP contribution is -2.51. The molecule has 8 heteroatoms. The van der Waals surface area contributed by atoms with Crippen LogP contribution in [0.3, 0.4) is 0 Å². The van der Waals surface area contributed by atoms with E-state index in [1.54, 1.807) is 41.2 Å². The van der Waals surface area contributed by atoms with Gasteiger partial charge in [0.1, 0.15) is 11.5 Å². The van der Waals surface area contributed by atoms with E-state index in [2.05, 4.69) is 0 Å². The molecule has 142 valence electrons. The fourth-order valence-corrected chi connectivity index (χ4v) is 2.68. The first kappa shape index (κ1) is 19.6. The monoisotopic (exact) mass is 364 g/mol. The number of carboxylic acids is 1. The Morgan fingerprint density at radius 1 is 1.00 bits per heavy atom. The van der Waals surface area contributed by atoms with Crippen LogP contribution in [0, 0.1) is 0 Å². The highest BCUT2D eigenvalue weighted by Crippen LogP contribution is 2.19. The van der Waals surface area contributed by atoms with Crippen molar-refractivity contribution in [2.75, 3.05) is 39.9 Å². The highest BCUT2D eigenvalue weighted by Gasteiger charge is 2.24. The van der Waals surface area contributed by atoms with Crippen LogP contribution in [0.25, 0.3) is 0 Å². The van der Waals surface area contributed by atoms with Crippen LogP contribution in [0.5, 0.6) is 11.5 Å². The standard InChI is InChI=1S/C18H24N2O6/c1-25-14-4-2-5-15(12-14)26-13-17(22)20-10-8-19(9-11-20)16(21)6-3-7-18(23)24/h2,4-5,12H,3,6-11,13H2,1H3,(H,23,24). The van der Waals surface area contributed by atoms with Gasteiger partial charge in [-0.25, -0.2) is 0 Å². The van der Waals surface area contributed by atoms with Crippen LogP contribution in [0.2, 0.25) is 0 Å². The lowest BCUT2D eigenvalue weighted by molar-refractivity contribution is -0.141. The zero-order valence-corrected chi connectivity index (χ0v) is 14.8. The second kappa shape index (κ2) is 9.65. The number of amides is 2. The maximum absolute atomic E-state index is 12.3. The van der Waals surface area contributed by atoms with Gasteiger partial charge in [-0.15, -0.1) is 0 Å². The minimum Gasteiger partial charge on any atom is -0.497 e. The highest BCUT2D eigenvalue weighted by molar-refractivity contribution is 5.79. The van der Waals surface area contributed by atoms with Gasteiger partial charge in [-0.05, 0) is 18.6 Å². The van der Waals surface area contributed by atoms with Gasteiger partial charge in [0.05, 0.1) is 7.11 Å². The molecule has 1 aliphatic rings. The van der Waals surface area contributed by atoms with Gasteiger partial charge in [0.15, 0.2) is 6.61 Å². The minimum atomic E-state index is -0.899. The zero-order chi connectivity index (χ0) is 18.9. The molecule has 2 rings (SSSR count). The van der Waals surface area contributed by atoms with Crippen LogP contribution < -0.4 is 9.47 Å². The molecule has 0 unspecified atom stereocenters. The summed E-state index contributed by atoms with van der Waals surface area (Å²) >= 11 is 0. The minimum absolute atomic E-state index is 0.00813. The second-order valence-electron chi connectivity index (χ2n) is 5.98. The molecular weight excluding hydrogens is 340 g/mol. The second-order valence-corrected chi connectivity index (χ2v) is 5.98. The molecule has 1 N–H and O–H groups in total. The average molecular weight is 364 g/mol. The third kappa shape index (κ3) is 5.94. The van der Waals surface area contributed by atoms with E-state index in [1.807, 2.05) is 0 Å². The number of hydrogen-bond acceptors (Lipinski definition) is 5. The van der Waals surface area contributed by atoms with Crippen LogP contribution in [0.1, 0.15) is 19.3 Å². The number of ether oxygens (including phenoxy) is 2. The fourth-order valence-electron chi connectivity index (χ4n) is 2.68. The van der Waals surface area contributed by atoms with Crippen LogP contribution in [-0.2, 0) is 14.4 Å². The Bertz CT molecular complexity index is 640. The molecule has 1 saturated heterocycles. The van der Waals surface area contributed by atoms with E-state index in [0.29, 0.717) is 44.1 Å². The molecule has 1 heterocycles. The van der Waals surface area contributed by atoms with Crippen molar-refractivity contribution in [3.8, 4) is 11.5 Å². The summed E-state index contributed by atoms with van der Waals surface area (Å²) in [5.74, 6) is 0.121. The number of methoxy groups -OCH3 is 1. The number of nitrogens with zero attached hydrogens (tertiary/aromatic N) is 2. The highest BCUT2D eigenvalue weighted by atomic mass is 16.5. The number of carbonyl (C=O) groups is 3. The summed E-state index contributed by atoms with van der Waals surface area (Å²) in [6.45, 7) is 1.74. The van der Waals surface area contributed by atoms with Gasteiger partial charge in [-0.1, -0.05) is 6.07 Å². The molecule has 0 radical (unpaired) electrons. The fraction of sp³-hybridized carbons (Fsp3) is 0.500. The number of benzene rings is 1. The molecule has 1 aliphatic heterocycles. The molecule has 0 atom stereocenters. The summed E-state index contributed by atoms with van der Waals surface area (Å²) in [6.07, 6.45) is 0.548. The predicted octanol–water partition coefficient (Wildman–Crippen LogP) is 1.000. The van der Waals surface area contributed by atoms with Gasteiger partial charge in [0.25, 0.3) is 5.91 Å². The molecule has 2 amide bonds. The summed E-state index contributed by atoms with van der Waals surface area (Å²) < 4.78 is 10.6. The first-order chi connectivity index (χ1) is 12.5.